The molecule has 0 radical (unpaired) electrons. The maximum absolute atomic E-state index is 10.7. The molecule has 0 fully saturated rings. The molecule has 0 aromatic rings. The van der Waals surface area contributed by atoms with Crippen LogP contribution < -0.4 is 0 Å². The first kappa shape index (κ1) is 17.4. The Bertz CT molecular complexity index is 220. The minimum absolute atomic E-state index is 0.329. The highest BCUT2D eigenvalue weighted by atomic mass is 16.4. The summed E-state index contributed by atoms with van der Waals surface area (Å²) in [5.41, 5.74) is 0. The van der Waals surface area contributed by atoms with E-state index in [1.807, 2.05) is 0 Å². The van der Waals surface area contributed by atoms with Crippen molar-refractivity contribution in [3.63, 3.8) is 0 Å². The van der Waals surface area contributed by atoms with E-state index in [1.165, 1.54) is 0 Å². The lowest BCUT2D eigenvalue weighted by molar-refractivity contribution is -0.138. The summed E-state index contributed by atoms with van der Waals surface area (Å²) >= 11 is 0. The van der Waals surface area contributed by atoms with Gasteiger partial charge in [-0.2, -0.15) is 0 Å². The minimum Gasteiger partial charge on any atom is -0.481 e. The number of hydrogen-bond acceptors (Lipinski definition) is 3. The molecule has 0 aromatic carbocycles. The lowest BCUT2D eigenvalue weighted by atomic mass is 9.94. The van der Waals surface area contributed by atoms with Crippen LogP contribution in [-0.4, -0.2) is 61.7 Å². The Labute approximate surface area is 112 Å². The number of aliphatic carboxylic acids is 1. The van der Waals surface area contributed by atoms with Gasteiger partial charge in [0, 0.05) is 19.5 Å². The molecule has 4 heteroatoms. The summed E-state index contributed by atoms with van der Waals surface area (Å²) in [4.78, 5) is 15.2. The van der Waals surface area contributed by atoms with Crippen molar-refractivity contribution >= 4 is 5.97 Å². The maximum Gasteiger partial charge on any atom is 0.303 e. The highest BCUT2D eigenvalue weighted by molar-refractivity contribution is 5.66. The molecule has 0 aromatic heterocycles. The van der Waals surface area contributed by atoms with Crippen molar-refractivity contribution in [2.45, 2.75) is 39.0 Å². The Kier molecular flexibility index (Phi) is 9.98. The fourth-order valence-corrected chi connectivity index (χ4v) is 2.14. The predicted molar refractivity (Wildman–Crippen MR) is 75.9 cm³/mol. The Morgan fingerprint density at radius 3 is 2.28 bits per heavy atom. The standard InChI is InChI=1S/C14H30N2O2/c1-5-7-13(12-14(17)18)8-6-9-16(4)11-10-15(2)3/h13H,5-12H2,1-4H3,(H,17,18). The van der Waals surface area contributed by atoms with Gasteiger partial charge in [0.05, 0.1) is 0 Å². The fraction of sp³-hybridized carbons (Fsp3) is 0.929. The van der Waals surface area contributed by atoms with E-state index in [9.17, 15) is 4.79 Å². The van der Waals surface area contributed by atoms with E-state index >= 15 is 0 Å². The second kappa shape index (κ2) is 10.3. The number of hydrogen-bond donors (Lipinski definition) is 1. The van der Waals surface area contributed by atoms with Gasteiger partial charge in [-0.25, -0.2) is 0 Å². The molecule has 0 rings (SSSR count). The van der Waals surface area contributed by atoms with Crippen molar-refractivity contribution in [3.05, 3.63) is 0 Å². The van der Waals surface area contributed by atoms with Gasteiger partial charge >= 0.3 is 5.97 Å². The van der Waals surface area contributed by atoms with Crippen molar-refractivity contribution < 1.29 is 9.90 Å². The van der Waals surface area contributed by atoms with Crippen molar-refractivity contribution in [2.24, 2.45) is 5.92 Å². The monoisotopic (exact) mass is 258 g/mol. The number of carboxylic acid groups (broad SMARTS) is 1. The number of rotatable bonds is 11. The summed E-state index contributed by atoms with van der Waals surface area (Å²) in [5.74, 6) is -0.302. The van der Waals surface area contributed by atoms with E-state index in [2.05, 4.69) is 37.9 Å². The topological polar surface area (TPSA) is 43.8 Å². The van der Waals surface area contributed by atoms with Crippen LogP contribution in [0.4, 0.5) is 0 Å². The third kappa shape index (κ3) is 10.5. The van der Waals surface area contributed by atoms with Crippen molar-refractivity contribution in [1.82, 2.24) is 9.80 Å². The normalized spacial score (nSPS) is 13.2. The zero-order valence-corrected chi connectivity index (χ0v) is 12.5. The van der Waals surface area contributed by atoms with E-state index in [0.717, 1.165) is 45.3 Å². The Hall–Kier alpha value is -0.610. The van der Waals surface area contributed by atoms with Gasteiger partial charge in [0.2, 0.25) is 0 Å². The van der Waals surface area contributed by atoms with E-state index < -0.39 is 5.97 Å². The molecular formula is C14H30N2O2. The zero-order chi connectivity index (χ0) is 14.0. The van der Waals surface area contributed by atoms with Crippen LogP contribution in [0.15, 0.2) is 0 Å². The molecule has 0 aliphatic carbocycles. The lowest BCUT2D eigenvalue weighted by Gasteiger charge is -2.20. The quantitative estimate of drug-likeness (QED) is 0.617. The number of nitrogens with zero attached hydrogens (tertiary/aromatic N) is 2. The van der Waals surface area contributed by atoms with E-state index in [4.69, 9.17) is 5.11 Å². The third-order valence-electron chi connectivity index (χ3n) is 3.24. The van der Waals surface area contributed by atoms with Crippen LogP contribution in [0, 0.1) is 5.92 Å². The first-order valence-electron chi connectivity index (χ1n) is 7.00. The van der Waals surface area contributed by atoms with Crippen LogP contribution in [0.1, 0.15) is 39.0 Å². The fourth-order valence-electron chi connectivity index (χ4n) is 2.14. The van der Waals surface area contributed by atoms with Gasteiger partial charge in [-0.15, -0.1) is 0 Å². The lowest BCUT2D eigenvalue weighted by Crippen LogP contribution is -2.29. The first-order valence-corrected chi connectivity index (χ1v) is 7.00. The molecule has 1 N–H and O–H groups in total. The van der Waals surface area contributed by atoms with Crippen molar-refractivity contribution in [1.29, 1.82) is 0 Å². The molecular weight excluding hydrogens is 228 g/mol. The molecule has 0 aliphatic heterocycles. The smallest absolute Gasteiger partial charge is 0.303 e. The van der Waals surface area contributed by atoms with Gasteiger partial charge in [-0.3, -0.25) is 4.79 Å². The van der Waals surface area contributed by atoms with Gasteiger partial charge < -0.3 is 14.9 Å². The van der Waals surface area contributed by atoms with E-state index in [-0.39, 0.29) is 0 Å². The summed E-state index contributed by atoms with van der Waals surface area (Å²) in [7, 11) is 6.30. The molecule has 0 saturated carbocycles. The molecule has 4 nitrogen and oxygen atoms in total. The maximum atomic E-state index is 10.7. The van der Waals surface area contributed by atoms with Gasteiger partial charge in [0.25, 0.3) is 0 Å². The Balaban J connectivity index is 3.73. The average Bonchev–Trinajstić information content (AvgIpc) is 2.25. The van der Waals surface area contributed by atoms with Crippen molar-refractivity contribution in [3.8, 4) is 0 Å². The predicted octanol–water partition coefficient (Wildman–Crippen LogP) is 2.15. The molecule has 0 aliphatic rings. The number of carbonyl (C=O) groups is 1. The molecule has 18 heavy (non-hydrogen) atoms. The summed E-state index contributed by atoms with van der Waals surface area (Å²) < 4.78 is 0. The number of likely N-dealkylation sites (N-methyl/N-ethyl adjacent to an activating group) is 2. The average molecular weight is 258 g/mol. The molecule has 108 valence electrons. The molecule has 0 bridgehead atoms. The van der Waals surface area contributed by atoms with E-state index in [1.54, 1.807) is 0 Å². The van der Waals surface area contributed by atoms with Crippen molar-refractivity contribution in [2.75, 3.05) is 40.8 Å². The summed E-state index contributed by atoms with van der Waals surface area (Å²) in [6.07, 6.45) is 4.58. The highest BCUT2D eigenvalue weighted by Crippen LogP contribution is 2.17. The SMILES string of the molecule is CCCC(CCCN(C)CCN(C)C)CC(=O)O. The molecule has 0 spiro atoms. The van der Waals surface area contributed by atoms with E-state index in [0.29, 0.717) is 12.3 Å². The largest absolute Gasteiger partial charge is 0.481 e. The van der Waals surface area contributed by atoms with Crippen LogP contribution in [0.25, 0.3) is 0 Å². The third-order valence-corrected chi connectivity index (χ3v) is 3.24. The van der Waals surface area contributed by atoms with Gasteiger partial charge in [0.1, 0.15) is 0 Å². The van der Waals surface area contributed by atoms with Gasteiger partial charge in [-0.1, -0.05) is 19.8 Å². The summed E-state index contributed by atoms with van der Waals surface area (Å²) in [6, 6.07) is 0. The van der Waals surface area contributed by atoms with Crippen LogP contribution >= 0.6 is 0 Å². The highest BCUT2D eigenvalue weighted by Gasteiger charge is 2.12. The second-order valence-electron chi connectivity index (χ2n) is 5.50. The molecule has 0 amide bonds. The number of carboxylic acids is 1. The van der Waals surface area contributed by atoms with Crippen LogP contribution in [0.3, 0.4) is 0 Å². The van der Waals surface area contributed by atoms with Crippen LogP contribution in [-0.2, 0) is 4.79 Å². The summed E-state index contributed by atoms with van der Waals surface area (Å²) in [6.45, 7) is 5.33. The second-order valence-corrected chi connectivity index (χ2v) is 5.50. The zero-order valence-electron chi connectivity index (χ0n) is 12.5. The summed E-state index contributed by atoms with van der Waals surface area (Å²) in [5, 5.41) is 8.85. The van der Waals surface area contributed by atoms with Crippen LogP contribution in [0.5, 0.6) is 0 Å². The van der Waals surface area contributed by atoms with Gasteiger partial charge in [0.15, 0.2) is 0 Å². The van der Waals surface area contributed by atoms with Gasteiger partial charge in [-0.05, 0) is 46.4 Å². The Morgan fingerprint density at radius 2 is 1.78 bits per heavy atom. The van der Waals surface area contributed by atoms with Crippen LogP contribution in [0.2, 0.25) is 0 Å². The first-order chi connectivity index (χ1) is 8.45. The molecule has 1 atom stereocenters. The molecule has 0 heterocycles. The Morgan fingerprint density at radius 1 is 1.11 bits per heavy atom. The molecule has 0 saturated heterocycles. The molecule has 1 unspecified atom stereocenters. The minimum atomic E-state index is -0.658.